The van der Waals surface area contributed by atoms with Crippen molar-refractivity contribution < 1.29 is 19.0 Å². The van der Waals surface area contributed by atoms with Crippen molar-refractivity contribution in [2.75, 3.05) is 47.5 Å². The fourth-order valence-electron chi connectivity index (χ4n) is 5.30. The number of amides is 1. The zero-order valence-corrected chi connectivity index (χ0v) is 22.7. The molecule has 1 aromatic carbocycles. The molecule has 1 fully saturated rings. The first-order valence-electron chi connectivity index (χ1n) is 12.8. The first-order valence-corrected chi connectivity index (χ1v) is 12.8. The fourth-order valence-corrected chi connectivity index (χ4v) is 5.30. The minimum atomic E-state index is 0.166. The van der Waals surface area contributed by atoms with Gasteiger partial charge in [-0.15, -0.1) is 5.10 Å². The highest BCUT2D eigenvalue weighted by molar-refractivity contribution is 5.89. The van der Waals surface area contributed by atoms with Crippen LogP contribution in [0.15, 0.2) is 30.5 Å². The van der Waals surface area contributed by atoms with Crippen LogP contribution in [0.3, 0.4) is 0 Å². The van der Waals surface area contributed by atoms with Crippen molar-refractivity contribution in [2.45, 2.75) is 33.2 Å². The molecule has 10 nitrogen and oxygen atoms in total. The number of ether oxygens (including phenoxy) is 3. The number of hydrogen-bond acceptors (Lipinski definition) is 8. The van der Waals surface area contributed by atoms with Gasteiger partial charge in [0, 0.05) is 62.3 Å². The lowest BCUT2D eigenvalue weighted by Crippen LogP contribution is -2.48. The second-order valence-electron chi connectivity index (χ2n) is 9.52. The van der Waals surface area contributed by atoms with E-state index >= 15 is 0 Å². The standard InChI is InChI=1S/C28H34N6O4/c1-18-21(19(2)34-28(30-18)22-7-6-12-29-27(22)31-34)9-11-24(35)33-15-13-32(14-16-33)17-20-8-10-23(36-3)26(38-5)25(20)37-4/h6-8,10,12H,9,11,13-17H2,1-5H3. The van der Waals surface area contributed by atoms with Gasteiger partial charge >= 0.3 is 0 Å². The molecule has 0 atom stereocenters. The smallest absolute Gasteiger partial charge is 0.222 e. The van der Waals surface area contributed by atoms with Crippen LogP contribution in [0.1, 0.15) is 28.9 Å². The van der Waals surface area contributed by atoms with E-state index in [1.54, 1.807) is 27.5 Å². The molecule has 0 aliphatic carbocycles. The maximum atomic E-state index is 13.1. The highest BCUT2D eigenvalue weighted by atomic mass is 16.5. The second kappa shape index (κ2) is 10.8. The predicted molar refractivity (Wildman–Crippen MR) is 144 cm³/mol. The first-order chi connectivity index (χ1) is 18.4. The number of fused-ring (bicyclic) bond motifs is 3. The molecule has 1 aliphatic heterocycles. The molecule has 1 amide bonds. The van der Waals surface area contributed by atoms with Crippen molar-refractivity contribution in [3.63, 3.8) is 0 Å². The second-order valence-corrected chi connectivity index (χ2v) is 9.52. The average Bonchev–Trinajstić information content (AvgIpc) is 3.31. The Morgan fingerprint density at radius 3 is 2.45 bits per heavy atom. The van der Waals surface area contributed by atoms with Crippen LogP contribution in [-0.4, -0.2) is 82.8 Å². The number of methoxy groups -OCH3 is 3. The Labute approximate surface area is 222 Å². The maximum absolute atomic E-state index is 13.1. The van der Waals surface area contributed by atoms with Gasteiger partial charge in [-0.2, -0.15) is 0 Å². The Morgan fingerprint density at radius 1 is 0.974 bits per heavy atom. The zero-order chi connectivity index (χ0) is 26.8. The van der Waals surface area contributed by atoms with Crippen LogP contribution >= 0.6 is 0 Å². The van der Waals surface area contributed by atoms with Gasteiger partial charge in [-0.25, -0.2) is 14.5 Å². The molecule has 0 N–H and O–H groups in total. The van der Waals surface area contributed by atoms with Crippen molar-refractivity contribution in [2.24, 2.45) is 0 Å². The third kappa shape index (κ3) is 4.71. The van der Waals surface area contributed by atoms with E-state index < -0.39 is 0 Å². The molecule has 0 radical (unpaired) electrons. The summed E-state index contributed by atoms with van der Waals surface area (Å²) in [5.74, 6) is 2.09. The minimum absolute atomic E-state index is 0.166. The molecule has 0 bridgehead atoms. The number of carbonyl (C=O) groups is 1. The third-order valence-corrected chi connectivity index (χ3v) is 7.38. The lowest BCUT2D eigenvalue weighted by atomic mass is 10.1. The fraction of sp³-hybridized carbons (Fsp3) is 0.429. The summed E-state index contributed by atoms with van der Waals surface area (Å²) in [6, 6.07) is 7.79. The van der Waals surface area contributed by atoms with Crippen molar-refractivity contribution in [3.8, 4) is 17.2 Å². The Morgan fingerprint density at radius 2 is 1.74 bits per heavy atom. The van der Waals surface area contributed by atoms with Crippen molar-refractivity contribution in [1.82, 2.24) is 29.4 Å². The van der Waals surface area contributed by atoms with Crippen LogP contribution in [0, 0.1) is 13.8 Å². The summed E-state index contributed by atoms with van der Waals surface area (Å²) in [6.45, 7) is 7.73. The van der Waals surface area contributed by atoms with E-state index in [1.807, 2.05) is 47.5 Å². The Hall–Kier alpha value is -3.92. The Kier molecular flexibility index (Phi) is 7.33. The number of benzene rings is 1. The molecule has 4 heterocycles. The summed E-state index contributed by atoms with van der Waals surface area (Å²) in [5.41, 5.74) is 5.52. The molecule has 5 rings (SSSR count). The van der Waals surface area contributed by atoms with Crippen LogP contribution in [-0.2, 0) is 17.8 Å². The van der Waals surface area contributed by atoms with E-state index in [4.69, 9.17) is 19.2 Å². The van der Waals surface area contributed by atoms with Gasteiger partial charge in [0.2, 0.25) is 11.7 Å². The molecule has 0 saturated carbocycles. The van der Waals surface area contributed by atoms with E-state index in [-0.39, 0.29) is 5.91 Å². The molecule has 4 aromatic rings. The van der Waals surface area contributed by atoms with Gasteiger partial charge in [0.15, 0.2) is 22.8 Å². The highest BCUT2D eigenvalue weighted by Crippen LogP contribution is 2.40. The van der Waals surface area contributed by atoms with Gasteiger partial charge in [0.1, 0.15) is 0 Å². The lowest BCUT2D eigenvalue weighted by Gasteiger charge is -2.35. The maximum Gasteiger partial charge on any atom is 0.222 e. The molecule has 1 aliphatic rings. The third-order valence-electron chi connectivity index (χ3n) is 7.38. The van der Waals surface area contributed by atoms with Gasteiger partial charge in [-0.05, 0) is 44.0 Å². The number of rotatable bonds is 8. The van der Waals surface area contributed by atoms with Crippen LogP contribution in [0.4, 0.5) is 0 Å². The molecule has 0 spiro atoms. The van der Waals surface area contributed by atoms with E-state index in [9.17, 15) is 4.79 Å². The highest BCUT2D eigenvalue weighted by Gasteiger charge is 2.24. The molecular weight excluding hydrogens is 484 g/mol. The number of carbonyl (C=O) groups excluding carboxylic acids is 1. The normalized spacial score (nSPS) is 14.3. The number of pyridine rings is 1. The first kappa shape index (κ1) is 25.7. The molecule has 200 valence electrons. The average molecular weight is 519 g/mol. The molecule has 38 heavy (non-hydrogen) atoms. The van der Waals surface area contributed by atoms with Gasteiger partial charge in [-0.1, -0.05) is 6.07 Å². The van der Waals surface area contributed by atoms with E-state index in [0.29, 0.717) is 55.4 Å². The number of aromatic nitrogens is 4. The summed E-state index contributed by atoms with van der Waals surface area (Å²) >= 11 is 0. The molecule has 3 aromatic heterocycles. The summed E-state index contributed by atoms with van der Waals surface area (Å²) in [4.78, 5) is 26.6. The number of piperazine rings is 1. The Balaban J connectivity index is 1.21. The van der Waals surface area contributed by atoms with Gasteiger partial charge in [-0.3, -0.25) is 9.69 Å². The van der Waals surface area contributed by atoms with Crippen LogP contribution in [0.5, 0.6) is 17.2 Å². The van der Waals surface area contributed by atoms with Crippen molar-refractivity contribution in [3.05, 3.63) is 53.0 Å². The van der Waals surface area contributed by atoms with Crippen molar-refractivity contribution in [1.29, 1.82) is 0 Å². The molecular formula is C28H34N6O4. The molecule has 10 heteroatoms. The summed E-state index contributed by atoms with van der Waals surface area (Å²) in [5, 5.41) is 5.56. The summed E-state index contributed by atoms with van der Waals surface area (Å²) < 4.78 is 18.4. The predicted octanol–water partition coefficient (Wildman–Crippen LogP) is 3.20. The molecule has 0 unspecified atom stereocenters. The number of aryl methyl sites for hydroxylation is 2. The van der Waals surface area contributed by atoms with Crippen molar-refractivity contribution >= 4 is 22.6 Å². The monoisotopic (exact) mass is 518 g/mol. The lowest BCUT2D eigenvalue weighted by molar-refractivity contribution is -0.133. The van der Waals surface area contributed by atoms with E-state index in [0.717, 1.165) is 46.6 Å². The zero-order valence-electron chi connectivity index (χ0n) is 22.7. The number of hydrogen-bond donors (Lipinski definition) is 0. The summed E-state index contributed by atoms with van der Waals surface area (Å²) in [7, 11) is 4.86. The minimum Gasteiger partial charge on any atom is -0.493 e. The van der Waals surface area contributed by atoms with Gasteiger partial charge in [0.05, 0.1) is 26.7 Å². The quantitative estimate of drug-likeness (QED) is 0.351. The largest absolute Gasteiger partial charge is 0.493 e. The van der Waals surface area contributed by atoms with E-state index in [2.05, 4.69) is 15.0 Å². The van der Waals surface area contributed by atoms with Gasteiger partial charge < -0.3 is 19.1 Å². The van der Waals surface area contributed by atoms with Gasteiger partial charge in [0.25, 0.3) is 0 Å². The van der Waals surface area contributed by atoms with Crippen LogP contribution in [0.2, 0.25) is 0 Å². The summed E-state index contributed by atoms with van der Waals surface area (Å²) in [6.07, 6.45) is 2.81. The SMILES string of the molecule is COc1ccc(CN2CCN(C(=O)CCc3c(C)nc4c5cccnc5nn4c3C)CC2)c(OC)c1OC. The van der Waals surface area contributed by atoms with E-state index in [1.165, 1.54) is 0 Å². The number of nitrogens with zero attached hydrogens (tertiary/aromatic N) is 6. The topological polar surface area (TPSA) is 94.3 Å². The van der Waals surface area contributed by atoms with Crippen LogP contribution < -0.4 is 14.2 Å². The van der Waals surface area contributed by atoms with Crippen LogP contribution in [0.25, 0.3) is 16.7 Å². The Bertz CT molecular complexity index is 1480. The molecule has 1 saturated heterocycles.